The predicted octanol–water partition coefficient (Wildman–Crippen LogP) is 4.41. The third kappa shape index (κ3) is 2.40. The van der Waals surface area contributed by atoms with E-state index in [0.29, 0.717) is 0 Å². The predicted molar refractivity (Wildman–Crippen MR) is 93.2 cm³/mol. The monoisotopic (exact) mass is 371 g/mol. The van der Waals surface area contributed by atoms with E-state index >= 15 is 0 Å². The van der Waals surface area contributed by atoms with Gasteiger partial charge in [0.1, 0.15) is 5.01 Å². The van der Waals surface area contributed by atoms with E-state index in [1.807, 2.05) is 41.8 Å². The molecule has 4 aromatic rings. The zero-order chi connectivity index (χ0) is 15.1. The number of nitrogens with zero attached hydrogens (tertiary/aromatic N) is 1. The van der Waals surface area contributed by atoms with Crippen LogP contribution in [0.25, 0.3) is 32.9 Å². The van der Waals surface area contributed by atoms with Gasteiger partial charge in [-0.15, -0.1) is 11.3 Å². The normalized spacial score (nSPS) is 11.1. The molecule has 0 amide bonds. The minimum atomic E-state index is -0.194. The molecule has 0 atom stereocenters. The number of nitrogens with one attached hydrogen (secondary N) is 2. The highest BCUT2D eigenvalue weighted by molar-refractivity contribution is 9.10. The van der Waals surface area contributed by atoms with Crippen LogP contribution in [0.4, 0.5) is 0 Å². The molecule has 2 heterocycles. The van der Waals surface area contributed by atoms with E-state index < -0.39 is 0 Å². The molecule has 22 heavy (non-hydrogen) atoms. The first-order chi connectivity index (χ1) is 10.7. The number of benzene rings is 2. The van der Waals surface area contributed by atoms with E-state index in [1.54, 1.807) is 11.3 Å². The van der Waals surface area contributed by atoms with Gasteiger partial charge < -0.3 is 9.97 Å². The number of thiazole rings is 1. The number of aromatic nitrogens is 3. The van der Waals surface area contributed by atoms with Crippen LogP contribution in [0.2, 0.25) is 0 Å². The van der Waals surface area contributed by atoms with Gasteiger partial charge in [0.25, 0.3) is 0 Å². The van der Waals surface area contributed by atoms with Crippen molar-refractivity contribution in [3.05, 3.63) is 62.8 Å². The average molecular weight is 372 g/mol. The van der Waals surface area contributed by atoms with Gasteiger partial charge in [0, 0.05) is 21.0 Å². The Kier molecular flexibility index (Phi) is 3.20. The van der Waals surface area contributed by atoms with Crippen LogP contribution in [0, 0.1) is 0 Å². The van der Waals surface area contributed by atoms with Gasteiger partial charge in [0.05, 0.1) is 16.7 Å². The molecule has 0 spiro atoms. The summed E-state index contributed by atoms with van der Waals surface area (Å²) < 4.78 is 1.04. The highest BCUT2D eigenvalue weighted by atomic mass is 79.9. The lowest BCUT2D eigenvalue weighted by Gasteiger charge is -1.98. The summed E-state index contributed by atoms with van der Waals surface area (Å²) in [6, 6.07) is 13.9. The second-order valence-electron chi connectivity index (χ2n) is 4.89. The standard InChI is InChI=1S/C16H10BrN3OS/c17-11-3-1-2-10(6-11)15-18-14(8-22-15)9-4-5-12-13(7-9)20-16(21)19-12/h1-8H,(H2,19,20,21). The second kappa shape index (κ2) is 5.23. The van der Waals surface area contributed by atoms with Crippen molar-refractivity contribution in [1.82, 2.24) is 15.0 Å². The fraction of sp³-hybridized carbons (Fsp3) is 0. The van der Waals surface area contributed by atoms with Crippen molar-refractivity contribution < 1.29 is 0 Å². The molecule has 0 bridgehead atoms. The molecule has 4 rings (SSSR count). The van der Waals surface area contributed by atoms with Crippen molar-refractivity contribution >= 4 is 38.3 Å². The molecule has 0 radical (unpaired) electrons. The molecule has 0 aliphatic rings. The third-order valence-electron chi connectivity index (χ3n) is 3.39. The fourth-order valence-electron chi connectivity index (χ4n) is 2.35. The Bertz CT molecular complexity index is 1030. The molecule has 0 aliphatic heterocycles. The average Bonchev–Trinajstić information content (AvgIpc) is 3.11. The highest BCUT2D eigenvalue weighted by Gasteiger charge is 2.08. The summed E-state index contributed by atoms with van der Waals surface area (Å²) >= 11 is 5.09. The van der Waals surface area contributed by atoms with Gasteiger partial charge in [-0.05, 0) is 24.3 Å². The van der Waals surface area contributed by atoms with E-state index in [9.17, 15) is 4.79 Å². The molecule has 2 N–H and O–H groups in total. The Morgan fingerprint density at radius 1 is 1.00 bits per heavy atom. The zero-order valence-electron chi connectivity index (χ0n) is 11.3. The minimum Gasteiger partial charge on any atom is -0.306 e. The number of aromatic amines is 2. The fourth-order valence-corrected chi connectivity index (χ4v) is 3.58. The number of H-pyrrole nitrogens is 2. The van der Waals surface area contributed by atoms with Gasteiger partial charge in [0.15, 0.2) is 0 Å². The number of rotatable bonds is 2. The van der Waals surface area contributed by atoms with Crippen LogP contribution in [0.15, 0.2) is 57.1 Å². The number of fused-ring (bicyclic) bond motifs is 1. The van der Waals surface area contributed by atoms with Crippen molar-refractivity contribution in [3.63, 3.8) is 0 Å². The summed E-state index contributed by atoms with van der Waals surface area (Å²) in [5.74, 6) is 0. The highest BCUT2D eigenvalue weighted by Crippen LogP contribution is 2.30. The Morgan fingerprint density at radius 3 is 2.73 bits per heavy atom. The lowest BCUT2D eigenvalue weighted by molar-refractivity contribution is 1.21. The maximum Gasteiger partial charge on any atom is 0.323 e. The van der Waals surface area contributed by atoms with Gasteiger partial charge in [-0.3, -0.25) is 0 Å². The van der Waals surface area contributed by atoms with Gasteiger partial charge in [-0.2, -0.15) is 0 Å². The van der Waals surface area contributed by atoms with Crippen molar-refractivity contribution in [1.29, 1.82) is 0 Å². The molecule has 0 aliphatic carbocycles. The zero-order valence-corrected chi connectivity index (χ0v) is 13.7. The van der Waals surface area contributed by atoms with E-state index in [4.69, 9.17) is 4.98 Å². The molecule has 0 saturated heterocycles. The minimum absolute atomic E-state index is 0.194. The largest absolute Gasteiger partial charge is 0.323 e. The Balaban J connectivity index is 1.77. The Labute approximate surface area is 138 Å². The van der Waals surface area contributed by atoms with Crippen LogP contribution in [-0.2, 0) is 0 Å². The topological polar surface area (TPSA) is 61.5 Å². The van der Waals surface area contributed by atoms with Crippen LogP contribution in [0.3, 0.4) is 0 Å². The first-order valence-corrected chi connectivity index (χ1v) is 8.30. The second-order valence-corrected chi connectivity index (χ2v) is 6.66. The van der Waals surface area contributed by atoms with Crippen molar-refractivity contribution in [2.24, 2.45) is 0 Å². The molecule has 0 unspecified atom stereocenters. The lowest BCUT2D eigenvalue weighted by atomic mass is 10.1. The third-order valence-corrected chi connectivity index (χ3v) is 4.77. The first-order valence-electron chi connectivity index (χ1n) is 6.63. The quantitative estimate of drug-likeness (QED) is 0.548. The number of halogens is 1. The molecule has 0 fully saturated rings. The summed E-state index contributed by atoms with van der Waals surface area (Å²) in [6.07, 6.45) is 0. The van der Waals surface area contributed by atoms with Crippen LogP contribution in [-0.4, -0.2) is 15.0 Å². The summed E-state index contributed by atoms with van der Waals surface area (Å²) in [5, 5.41) is 3.00. The molecular weight excluding hydrogens is 362 g/mol. The van der Waals surface area contributed by atoms with Gasteiger partial charge in [0.2, 0.25) is 0 Å². The SMILES string of the molecule is O=c1[nH]c2ccc(-c3csc(-c4cccc(Br)c4)n3)cc2[nH]1. The number of imidazole rings is 1. The smallest absolute Gasteiger partial charge is 0.306 e. The van der Waals surface area contributed by atoms with Crippen molar-refractivity contribution in [2.45, 2.75) is 0 Å². The van der Waals surface area contributed by atoms with E-state index in [1.165, 1.54) is 0 Å². The van der Waals surface area contributed by atoms with Crippen molar-refractivity contribution in [3.8, 4) is 21.8 Å². The molecule has 0 saturated carbocycles. The van der Waals surface area contributed by atoms with E-state index in [2.05, 4.69) is 32.0 Å². The maximum atomic E-state index is 11.3. The summed E-state index contributed by atoms with van der Waals surface area (Å²) in [6.45, 7) is 0. The molecule has 2 aromatic heterocycles. The van der Waals surface area contributed by atoms with Crippen LogP contribution in [0.1, 0.15) is 0 Å². The number of hydrogen-bond donors (Lipinski definition) is 2. The maximum absolute atomic E-state index is 11.3. The van der Waals surface area contributed by atoms with Crippen LogP contribution in [0.5, 0.6) is 0 Å². The molecular formula is C16H10BrN3OS. The molecule has 2 aromatic carbocycles. The van der Waals surface area contributed by atoms with Gasteiger partial charge in [-0.25, -0.2) is 9.78 Å². The Hall–Kier alpha value is -2.18. The van der Waals surface area contributed by atoms with Crippen LogP contribution >= 0.6 is 27.3 Å². The van der Waals surface area contributed by atoms with E-state index in [0.717, 1.165) is 37.3 Å². The van der Waals surface area contributed by atoms with Gasteiger partial charge >= 0.3 is 5.69 Å². The van der Waals surface area contributed by atoms with E-state index in [-0.39, 0.29) is 5.69 Å². The first kappa shape index (κ1) is 13.5. The Morgan fingerprint density at radius 2 is 1.86 bits per heavy atom. The summed E-state index contributed by atoms with van der Waals surface area (Å²) in [7, 11) is 0. The molecule has 108 valence electrons. The lowest BCUT2D eigenvalue weighted by Crippen LogP contribution is -1.99. The molecule has 4 nitrogen and oxygen atoms in total. The summed E-state index contributed by atoms with van der Waals surface area (Å²) in [5.41, 5.74) is 4.38. The van der Waals surface area contributed by atoms with Crippen molar-refractivity contribution in [2.75, 3.05) is 0 Å². The van der Waals surface area contributed by atoms with Gasteiger partial charge in [-0.1, -0.05) is 34.1 Å². The van der Waals surface area contributed by atoms with Crippen LogP contribution < -0.4 is 5.69 Å². The number of hydrogen-bond acceptors (Lipinski definition) is 3. The summed E-state index contributed by atoms with van der Waals surface area (Å²) in [4.78, 5) is 21.5. The molecule has 6 heteroatoms.